The quantitative estimate of drug-likeness (QED) is 0.742. The highest BCUT2D eigenvalue weighted by atomic mass is 16.5. The molecule has 1 saturated carbocycles. The summed E-state index contributed by atoms with van der Waals surface area (Å²) in [5.74, 6) is 0.321. The highest BCUT2D eigenvalue weighted by Crippen LogP contribution is 2.45. The molecule has 0 aromatic heterocycles. The van der Waals surface area contributed by atoms with Gasteiger partial charge in [0.15, 0.2) is 0 Å². The Kier molecular flexibility index (Phi) is 4.99. The van der Waals surface area contributed by atoms with Crippen molar-refractivity contribution in [2.45, 2.75) is 38.3 Å². The Morgan fingerprint density at radius 2 is 2.04 bits per heavy atom. The molecule has 0 radical (unpaired) electrons. The Balaban J connectivity index is 1.77. The number of hydrogen-bond donors (Lipinski definition) is 3. The van der Waals surface area contributed by atoms with Gasteiger partial charge in [-0.3, -0.25) is 4.79 Å². The van der Waals surface area contributed by atoms with Gasteiger partial charge < -0.3 is 20.3 Å². The molecule has 23 heavy (non-hydrogen) atoms. The van der Waals surface area contributed by atoms with Gasteiger partial charge >= 0.3 is 0 Å². The molecule has 5 nitrogen and oxygen atoms in total. The summed E-state index contributed by atoms with van der Waals surface area (Å²) in [5.41, 5.74) is 1.01. The third-order valence-electron chi connectivity index (χ3n) is 5.21. The molecule has 1 saturated heterocycles. The van der Waals surface area contributed by atoms with E-state index in [1.807, 2.05) is 0 Å². The summed E-state index contributed by atoms with van der Waals surface area (Å²) < 4.78 is 5.45. The van der Waals surface area contributed by atoms with E-state index < -0.39 is 0 Å². The van der Waals surface area contributed by atoms with Crippen molar-refractivity contribution < 1.29 is 19.7 Å². The first-order valence-corrected chi connectivity index (χ1v) is 8.38. The molecule has 0 bridgehead atoms. The summed E-state index contributed by atoms with van der Waals surface area (Å²) in [6, 6.07) is 7.04. The zero-order chi connectivity index (χ0) is 16.3. The molecule has 5 heteroatoms. The van der Waals surface area contributed by atoms with Crippen LogP contribution in [0, 0.1) is 11.3 Å². The summed E-state index contributed by atoms with van der Waals surface area (Å²) in [6.45, 7) is 1.28. The molecule has 1 heterocycles. The fraction of sp³-hybridized carbons (Fsp3) is 0.611. The average molecular weight is 319 g/mol. The van der Waals surface area contributed by atoms with E-state index in [1.165, 1.54) is 0 Å². The molecular formula is C18H25NO4. The van der Waals surface area contributed by atoms with Crippen LogP contribution in [0.4, 0.5) is 0 Å². The SMILES string of the molecule is O=C(NC(C1CC1)C1(CO)CCOCC1)c1cccc(CO)c1. The molecule has 1 aliphatic heterocycles. The van der Waals surface area contributed by atoms with Crippen LogP contribution in [-0.2, 0) is 11.3 Å². The van der Waals surface area contributed by atoms with Gasteiger partial charge in [-0.1, -0.05) is 12.1 Å². The molecule has 2 fully saturated rings. The predicted octanol–water partition coefficient (Wildman–Crippen LogP) is 1.48. The molecule has 1 aromatic carbocycles. The number of amides is 1. The number of aliphatic hydroxyl groups is 2. The summed E-state index contributed by atoms with van der Waals surface area (Å²) >= 11 is 0. The third kappa shape index (κ3) is 3.57. The maximum Gasteiger partial charge on any atom is 0.251 e. The van der Waals surface area contributed by atoms with Crippen molar-refractivity contribution >= 4 is 5.91 Å². The van der Waals surface area contributed by atoms with E-state index in [2.05, 4.69) is 5.32 Å². The normalized spacial score (nSPS) is 21.7. The lowest BCUT2D eigenvalue weighted by Gasteiger charge is -2.42. The van der Waals surface area contributed by atoms with Crippen molar-refractivity contribution in [1.29, 1.82) is 0 Å². The zero-order valence-corrected chi connectivity index (χ0v) is 13.3. The molecule has 1 unspecified atom stereocenters. The molecule has 2 aliphatic rings. The van der Waals surface area contributed by atoms with E-state index in [4.69, 9.17) is 4.74 Å². The molecule has 1 amide bonds. The molecule has 0 spiro atoms. The topological polar surface area (TPSA) is 78.8 Å². The van der Waals surface area contributed by atoms with Gasteiger partial charge in [0.05, 0.1) is 13.2 Å². The number of ether oxygens (including phenoxy) is 1. The maximum absolute atomic E-state index is 12.7. The molecular weight excluding hydrogens is 294 g/mol. The van der Waals surface area contributed by atoms with Crippen LogP contribution in [0.2, 0.25) is 0 Å². The van der Waals surface area contributed by atoms with Gasteiger partial charge in [-0.2, -0.15) is 0 Å². The molecule has 126 valence electrons. The Bertz CT molecular complexity index is 550. The van der Waals surface area contributed by atoms with Gasteiger partial charge in [0.2, 0.25) is 0 Å². The van der Waals surface area contributed by atoms with Crippen LogP contribution in [0.1, 0.15) is 41.6 Å². The van der Waals surface area contributed by atoms with E-state index in [0.717, 1.165) is 31.2 Å². The largest absolute Gasteiger partial charge is 0.396 e. The Morgan fingerprint density at radius 1 is 1.30 bits per heavy atom. The summed E-state index contributed by atoms with van der Waals surface area (Å²) in [7, 11) is 0. The van der Waals surface area contributed by atoms with Crippen molar-refractivity contribution in [3.05, 3.63) is 35.4 Å². The van der Waals surface area contributed by atoms with Crippen LogP contribution < -0.4 is 5.32 Å². The van der Waals surface area contributed by atoms with E-state index in [9.17, 15) is 15.0 Å². The lowest BCUT2D eigenvalue weighted by atomic mass is 9.72. The van der Waals surface area contributed by atoms with Crippen LogP contribution in [-0.4, -0.2) is 42.0 Å². The van der Waals surface area contributed by atoms with Crippen LogP contribution >= 0.6 is 0 Å². The number of carbonyl (C=O) groups is 1. The minimum Gasteiger partial charge on any atom is -0.396 e. The van der Waals surface area contributed by atoms with E-state index in [1.54, 1.807) is 24.3 Å². The molecule has 3 rings (SSSR count). The fourth-order valence-electron chi connectivity index (χ4n) is 3.58. The Hall–Kier alpha value is -1.43. The second-order valence-electron chi connectivity index (χ2n) is 6.78. The highest BCUT2D eigenvalue weighted by molar-refractivity contribution is 5.94. The van der Waals surface area contributed by atoms with Crippen molar-refractivity contribution in [3.63, 3.8) is 0 Å². The first kappa shape index (κ1) is 16.4. The number of hydrogen-bond acceptors (Lipinski definition) is 4. The first-order chi connectivity index (χ1) is 11.2. The van der Waals surface area contributed by atoms with Crippen LogP contribution in [0.3, 0.4) is 0 Å². The summed E-state index contributed by atoms with van der Waals surface area (Å²) in [5, 5.41) is 22.4. The minimum absolute atomic E-state index is 0.0123. The van der Waals surface area contributed by atoms with Crippen LogP contribution in [0.25, 0.3) is 0 Å². The minimum atomic E-state index is -0.274. The molecule has 1 aromatic rings. The number of benzene rings is 1. The highest BCUT2D eigenvalue weighted by Gasteiger charge is 2.47. The summed E-state index contributed by atoms with van der Waals surface area (Å²) in [4.78, 5) is 12.7. The van der Waals surface area contributed by atoms with Crippen molar-refractivity contribution in [1.82, 2.24) is 5.32 Å². The van der Waals surface area contributed by atoms with Gasteiger partial charge in [0, 0.05) is 30.2 Å². The van der Waals surface area contributed by atoms with E-state index >= 15 is 0 Å². The fourth-order valence-corrected chi connectivity index (χ4v) is 3.58. The van der Waals surface area contributed by atoms with Crippen molar-refractivity contribution in [2.24, 2.45) is 11.3 Å². The van der Waals surface area contributed by atoms with Gasteiger partial charge in [0.1, 0.15) is 0 Å². The summed E-state index contributed by atoms with van der Waals surface area (Å²) in [6.07, 6.45) is 3.76. The Morgan fingerprint density at radius 3 is 2.65 bits per heavy atom. The molecule has 3 N–H and O–H groups in total. The number of nitrogens with one attached hydrogen (secondary N) is 1. The van der Waals surface area contributed by atoms with Gasteiger partial charge in [0.25, 0.3) is 5.91 Å². The van der Waals surface area contributed by atoms with E-state index in [-0.39, 0.29) is 30.6 Å². The third-order valence-corrected chi connectivity index (χ3v) is 5.21. The second-order valence-corrected chi connectivity index (χ2v) is 6.78. The maximum atomic E-state index is 12.7. The van der Waals surface area contributed by atoms with Crippen LogP contribution in [0.15, 0.2) is 24.3 Å². The lowest BCUT2D eigenvalue weighted by Crippen LogP contribution is -2.53. The zero-order valence-electron chi connectivity index (χ0n) is 13.3. The van der Waals surface area contributed by atoms with Crippen molar-refractivity contribution in [3.8, 4) is 0 Å². The number of aliphatic hydroxyl groups excluding tert-OH is 2. The molecule has 1 aliphatic carbocycles. The second kappa shape index (κ2) is 6.99. The number of rotatable bonds is 6. The Labute approximate surface area is 136 Å². The average Bonchev–Trinajstić information content (AvgIpc) is 3.45. The smallest absolute Gasteiger partial charge is 0.251 e. The predicted molar refractivity (Wildman–Crippen MR) is 85.9 cm³/mol. The number of carbonyl (C=O) groups excluding carboxylic acids is 1. The van der Waals surface area contributed by atoms with Gasteiger partial charge in [-0.25, -0.2) is 0 Å². The first-order valence-electron chi connectivity index (χ1n) is 8.38. The van der Waals surface area contributed by atoms with Gasteiger partial charge in [-0.05, 0) is 49.3 Å². The van der Waals surface area contributed by atoms with Crippen LogP contribution in [0.5, 0.6) is 0 Å². The molecule has 1 atom stereocenters. The van der Waals surface area contributed by atoms with Crippen molar-refractivity contribution in [2.75, 3.05) is 19.8 Å². The lowest BCUT2D eigenvalue weighted by molar-refractivity contribution is -0.0403. The van der Waals surface area contributed by atoms with Gasteiger partial charge in [-0.15, -0.1) is 0 Å². The van der Waals surface area contributed by atoms with E-state index in [0.29, 0.717) is 24.7 Å². The standard InChI is InChI=1S/C18H25NO4/c20-11-13-2-1-3-15(10-13)17(22)19-16(14-4-5-14)18(12-21)6-8-23-9-7-18/h1-3,10,14,16,20-21H,4-9,11-12H2,(H,19,22). The monoisotopic (exact) mass is 319 g/mol.